The topological polar surface area (TPSA) is 29.5 Å². The molecule has 23 heavy (non-hydrogen) atoms. The summed E-state index contributed by atoms with van der Waals surface area (Å²) in [6, 6.07) is 16.6. The minimum absolute atomic E-state index is 0.00460. The summed E-state index contributed by atoms with van der Waals surface area (Å²) in [6.45, 7) is 0.0320. The molecule has 0 aromatic heterocycles. The van der Waals surface area contributed by atoms with E-state index in [4.69, 9.17) is 4.74 Å². The molecule has 3 atom stereocenters. The van der Waals surface area contributed by atoms with Gasteiger partial charge in [-0.3, -0.25) is 0 Å². The van der Waals surface area contributed by atoms with Crippen LogP contribution in [0.2, 0.25) is 0 Å². The lowest BCUT2D eigenvalue weighted by molar-refractivity contribution is -0.0857. The van der Waals surface area contributed by atoms with Gasteiger partial charge in [0.1, 0.15) is 5.82 Å². The van der Waals surface area contributed by atoms with Gasteiger partial charge >= 0.3 is 0 Å². The Morgan fingerprint density at radius 3 is 2.48 bits per heavy atom. The van der Waals surface area contributed by atoms with Crippen LogP contribution in [0.5, 0.6) is 0 Å². The van der Waals surface area contributed by atoms with E-state index in [0.717, 1.165) is 24.0 Å². The molecule has 1 aliphatic rings. The van der Waals surface area contributed by atoms with E-state index in [2.05, 4.69) is 18.2 Å². The van der Waals surface area contributed by atoms with Crippen LogP contribution in [0.15, 0.2) is 60.7 Å². The Hall–Kier alpha value is -1.97. The fraction of sp³-hybridized carbons (Fsp3) is 0.300. The summed E-state index contributed by atoms with van der Waals surface area (Å²) in [7, 11) is 0. The number of aliphatic hydroxyl groups excluding tert-OH is 1. The number of aliphatic hydroxyl groups is 1. The zero-order valence-electron chi connectivity index (χ0n) is 12.9. The molecule has 1 fully saturated rings. The fourth-order valence-electron chi connectivity index (χ4n) is 3.03. The molecule has 0 unspecified atom stereocenters. The second kappa shape index (κ2) is 7.53. The maximum atomic E-state index is 12.9. The van der Waals surface area contributed by atoms with Crippen molar-refractivity contribution in [2.75, 3.05) is 6.61 Å². The summed E-state index contributed by atoms with van der Waals surface area (Å²) in [4.78, 5) is 0. The summed E-state index contributed by atoms with van der Waals surface area (Å²) < 4.78 is 18.9. The molecule has 0 bridgehead atoms. The average Bonchev–Trinajstić information content (AvgIpc) is 2.61. The first kappa shape index (κ1) is 15.9. The third kappa shape index (κ3) is 4.27. The van der Waals surface area contributed by atoms with Gasteiger partial charge in [0.2, 0.25) is 0 Å². The molecule has 0 radical (unpaired) electrons. The molecule has 0 amide bonds. The molecule has 0 aliphatic carbocycles. The summed E-state index contributed by atoms with van der Waals surface area (Å²) in [5.41, 5.74) is 2.13. The van der Waals surface area contributed by atoms with Gasteiger partial charge in [0.05, 0.1) is 18.8 Å². The van der Waals surface area contributed by atoms with Crippen molar-refractivity contribution in [3.63, 3.8) is 0 Å². The van der Waals surface area contributed by atoms with Gasteiger partial charge in [0.15, 0.2) is 0 Å². The van der Waals surface area contributed by atoms with Crippen molar-refractivity contribution in [2.45, 2.75) is 25.0 Å². The molecule has 3 rings (SSSR count). The van der Waals surface area contributed by atoms with Crippen LogP contribution in [0.1, 0.15) is 30.1 Å². The standard InChI is InChI=1S/C20H21FO2/c21-18-10-8-15(9-11-18)6-7-16-12-19(14-22)23-20(13-16)17-4-2-1-3-5-17/h1-11,16,19-20,22H,12-14H2/b7-6+/t16-,19+,20-/m1/s1. The van der Waals surface area contributed by atoms with Crippen LogP contribution in [0.3, 0.4) is 0 Å². The van der Waals surface area contributed by atoms with Crippen molar-refractivity contribution in [2.24, 2.45) is 5.92 Å². The van der Waals surface area contributed by atoms with Crippen molar-refractivity contribution in [3.05, 3.63) is 77.6 Å². The lowest BCUT2D eigenvalue weighted by Gasteiger charge is -2.33. The van der Waals surface area contributed by atoms with Crippen LogP contribution in [0.25, 0.3) is 6.08 Å². The minimum Gasteiger partial charge on any atom is -0.394 e. The Kier molecular flexibility index (Phi) is 5.21. The van der Waals surface area contributed by atoms with E-state index in [9.17, 15) is 9.50 Å². The van der Waals surface area contributed by atoms with Crippen molar-refractivity contribution in [3.8, 4) is 0 Å². The van der Waals surface area contributed by atoms with Crippen molar-refractivity contribution in [1.82, 2.24) is 0 Å². The zero-order valence-corrected chi connectivity index (χ0v) is 12.9. The maximum absolute atomic E-state index is 12.9. The first-order valence-corrected chi connectivity index (χ1v) is 7.99. The van der Waals surface area contributed by atoms with Crippen LogP contribution >= 0.6 is 0 Å². The molecule has 120 valence electrons. The summed E-state index contributed by atoms with van der Waals surface area (Å²) in [6.07, 6.45) is 5.72. The van der Waals surface area contributed by atoms with Crippen LogP contribution in [-0.2, 0) is 4.74 Å². The quantitative estimate of drug-likeness (QED) is 0.908. The van der Waals surface area contributed by atoms with Gasteiger partial charge < -0.3 is 9.84 Å². The monoisotopic (exact) mass is 312 g/mol. The molecule has 1 heterocycles. The van der Waals surface area contributed by atoms with Gasteiger partial charge in [-0.1, -0.05) is 54.6 Å². The highest BCUT2D eigenvalue weighted by molar-refractivity contribution is 5.49. The number of halogens is 1. The Labute approximate surface area is 136 Å². The SMILES string of the molecule is OC[C@@H]1C[C@@H](/C=C/c2ccc(F)cc2)C[C@H](c2ccccc2)O1. The van der Waals surface area contributed by atoms with E-state index in [-0.39, 0.29) is 24.6 Å². The number of hydrogen-bond acceptors (Lipinski definition) is 2. The zero-order chi connectivity index (χ0) is 16.1. The van der Waals surface area contributed by atoms with Gasteiger partial charge in [-0.05, 0) is 42.0 Å². The van der Waals surface area contributed by atoms with E-state index in [1.54, 1.807) is 12.1 Å². The van der Waals surface area contributed by atoms with E-state index in [1.165, 1.54) is 12.1 Å². The van der Waals surface area contributed by atoms with Gasteiger partial charge in [0.25, 0.3) is 0 Å². The number of ether oxygens (including phenoxy) is 1. The lowest BCUT2D eigenvalue weighted by Crippen LogP contribution is -2.30. The normalized spacial score (nSPS) is 24.9. The predicted molar refractivity (Wildman–Crippen MR) is 89.3 cm³/mol. The van der Waals surface area contributed by atoms with E-state index in [0.29, 0.717) is 5.92 Å². The molecule has 1 N–H and O–H groups in total. The first-order valence-electron chi connectivity index (χ1n) is 7.99. The Morgan fingerprint density at radius 2 is 1.78 bits per heavy atom. The highest BCUT2D eigenvalue weighted by Gasteiger charge is 2.28. The molecule has 2 nitrogen and oxygen atoms in total. The molecular weight excluding hydrogens is 291 g/mol. The second-order valence-corrected chi connectivity index (χ2v) is 5.98. The minimum atomic E-state index is -0.224. The number of rotatable bonds is 4. The molecule has 2 aromatic rings. The number of hydrogen-bond donors (Lipinski definition) is 1. The van der Waals surface area contributed by atoms with Crippen molar-refractivity contribution >= 4 is 6.08 Å². The van der Waals surface area contributed by atoms with E-state index < -0.39 is 0 Å². The summed E-state index contributed by atoms with van der Waals surface area (Å²) in [5, 5.41) is 9.50. The Balaban J connectivity index is 1.72. The third-order valence-corrected chi connectivity index (χ3v) is 4.25. The smallest absolute Gasteiger partial charge is 0.123 e. The first-order chi connectivity index (χ1) is 11.2. The van der Waals surface area contributed by atoms with Crippen molar-refractivity contribution < 1.29 is 14.2 Å². The molecule has 0 spiro atoms. The average molecular weight is 312 g/mol. The predicted octanol–water partition coefficient (Wildman–Crippen LogP) is 4.37. The molecule has 2 aromatic carbocycles. The molecule has 1 aliphatic heterocycles. The summed E-state index contributed by atoms with van der Waals surface area (Å²) >= 11 is 0. The highest BCUT2D eigenvalue weighted by Crippen LogP contribution is 2.35. The highest BCUT2D eigenvalue weighted by atomic mass is 19.1. The fourth-order valence-corrected chi connectivity index (χ4v) is 3.03. The largest absolute Gasteiger partial charge is 0.394 e. The maximum Gasteiger partial charge on any atom is 0.123 e. The van der Waals surface area contributed by atoms with Gasteiger partial charge in [-0.15, -0.1) is 0 Å². The van der Waals surface area contributed by atoms with Crippen LogP contribution < -0.4 is 0 Å². The lowest BCUT2D eigenvalue weighted by atomic mass is 9.88. The Bertz CT molecular complexity index is 636. The van der Waals surface area contributed by atoms with Gasteiger partial charge in [0, 0.05) is 0 Å². The van der Waals surface area contributed by atoms with E-state index >= 15 is 0 Å². The summed E-state index contributed by atoms with van der Waals surface area (Å²) in [5.74, 6) is 0.105. The van der Waals surface area contributed by atoms with Gasteiger partial charge in [-0.2, -0.15) is 0 Å². The van der Waals surface area contributed by atoms with Crippen LogP contribution in [0, 0.1) is 11.7 Å². The number of benzene rings is 2. The third-order valence-electron chi connectivity index (χ3n) is 4.25. The molecule has 1 saturated heterocycles. The van der Waals surface area contributed by atoms with E-state index in [1.807, 2.05) is 24.3 Å². The Morgan fingerprint density at radius 1 is 1.04 bits per heavy atom. The molecule has 0 saturated carbocycles. The van der Waals surface area contributed by atoms with Crippen LogP contribution in [0.4, 0.5) is 4.39 Å². The molecule has 3 heteroatoms. The molecular formula is C20H21FO2. The second-order valence-electron chi connectivity index (χ2n) is 5.98. The van der Waals surface area contributed by atoms with Gasteiger partial charge in [-0.25, -0.2) is 4.39 Å². The number of allylic oxidation sites excluding steroid dienone is 1. The van der Waals surface area contributed by atoms with Crippen molar-refractivity contribution in [1.29, 1.82) is 0 Å². The van der Waals surface area contributed by atoms with Crippen LogP contribution in [-0.4, -0.2) is 17.8 Å².